The number of thiazole rings is 1. The lowest BCUT2D eigenvalue weighted by atomic mass is 10.2. The van der Waals surface area contributed by atoms with Gasteiger partial charge in [0.05, 0.1) is 17.9 Å². The Labute approximate surface area is 122 Å². The van der Waals surface area contributed by atoms with Crippen LogP contribution in [0.25, 0.3) is 0 Å². The van der Waals surface area contributed by atoms with Crippen LogP contribution >= 0.6 is 11.3 Å². The molecule has 0 fully saturated rings. The molecule has 0 bridgehead atoms. The monoisotopic (exact) mass is 308 g/mol. The average molecular weight is 308 g/mol. The minimum Gasteiger partial charge on any atom is -0.505 e. The second-order valence-corrected chi connectivity index (χ2v) is 5.30. The van der Waals surface area contributed by atoms with Gasteiger partial charge in [-0.05, 0) is 12.1 Å². The quantitative estimate of drug-likeness (QED) is 0.885. The summed E-state index contributed by atoms with van der Waals surface area (Å²) < 4.78 is 18.7. The number of phenols is 1. The van der Waals surface area contributed by atoms with E-state index in [-0.39, 0.29) is 29.7 Å². The Balaban J connectivity index is 1.85. The minimum absolute atomic E-state index is 0.0102. The van der Waals surface area contributed by atoms with Crippen molar-refractivity contribution >= 4 is 28.2 Å². The molecule has 1 amide bonds. The lowest BCUT2D eigenvalue weighted by molar-refractivity contribution is 0.0664. The average Bonchev–Trinajstić information content (AvgIpc) is 2.85. The summed E-state index contributed by atoms with van der Waals surface area (Å²) in [5, 5.41) is 11.9. The van der Waals surface area contributed by atoms with Crippen LogP contribution in [-0.2, 0) is 11.3 Å². The molecule has 0 saturated heterocycles. The molecule has 0 spiro atoms. The van der Waals surface area contributed by atoms with E-state index in [1.807, 2.05) is 0 Å². The third-order valence-corrected chi connectivity index (χ3v) is 3.92. The van der Waals surface area contributed by atoms with Crippen molar-refractivity contribution in [3.8, 4) is 5.75 Å². The molecule has 0 radical (unpaired) electrons. The van der Waals surface area contributed by atoms with Crippen LogP contribution in [0.4, 0.5) is 9.52 Å². The summed E-state index contributed by atoms with van der Waals surface area (Å²) in [6.45, 7) is 0.192. The van der Waals surface area contributed by atoms with Gasteiger partial charge in [0.25, 0.3) is 5.91 Å². The number of hydrogen-bond donors (Lipinski definition) is 2. The van der Waals surface area contributed by atoms with E-state index in [4.69, 9.17) is 4.74 Å². The molecule has 0 atom stereocenters. The molecule has 0 saturated carbocycles. The molecule has 1 aliphatic rings. The van der Waals surface area contributed by atoms with Crippen molar-refractivity contribution in [1.82, 2.24) is 4.98 Å². The number of fused-ring (bicyclic) bond motifs is 1. The maximum absolute atomic E-state index is 13.6. The van der Waals surface area contributed by atoms with E-state index < -0.39 is 17.5 Å². The lowest BCUT2D eigenvalue weighted by Gasteiger charge is -2.07. The first-order chi connectivity index (χ1) is 10.1. The lowest BCUT2D eigenvalue weighted by Crippen LogP contribution is -2.16. The number of hydrogen-bond acceptors (Lipinski definition) is 6. The van der Waals surface area contributed by atoms with Gasteiger partial charge in [-0.15, -0.1) is 0 Å². The number of nitrogens with zero attached hydrogens (tertiary/aromatic N) is 1. The Morgan fingerprint density at radius 3 is 3.00 bits per heavy atom. The third kappa shape index (κ3) is 2.50. The van der Waals surface area contributed by atoms with Gasteiger partial charge >= 0.3 is 0 Å². The second-order valence-electron chi connectivity index (χ2n) is 4.30. The number of carbonyl (C=O) groups excluding carboxylic acids is 2. The van der Waals surface area contributed by atoms with Gasteiger partial charge in [-0.3, -0.25) is 14.9 Å². The van der Waals surface area contributed by atoms with Gasteiger partial charge in [0.2, 0.25) is 0 Å². The van der Waals surface area contributed by atoms with E-state index in [0.29, 0.717) is 10.6 Å². The summed E-state index contributed by atoms with van der Waals surface area (Å²) in [5.74, 6) is -2.55. The number of halogens is 1. The van der Waals surface area contributed by atoms with Crippen molar-refractivity contribution in [1.29, 1.82) is 0 Å². The number of ketones is 1. The standard InChI is InChI=1S/C13H9FN2O4S/c14-10-6(2-1-3-8(10)17)12(19)16-13-15-7-4-20-5-9(18)11(7)21-13/h1-3,17H,4-5H2,(H,15,16,19). The normalized spacial score (nSPS) is 13.9. The van der Waals surface area contributed by atoms with Gasteiger partial charge in [-0.25, -0.2) is 9.37 Å². The van der Waals surface area contributed by atoms with Crippen LogP contribution in [0.2, 0.25) is 0 Å². The molecule has 2 aromatic rings. The maximum atomic E-state index is 13.6. The van der Waals surface area contributed by atoms with Crippen LogP contribution in [-0.4, -0.2) is 28.4 Å². The first-order valence-electron chi connectivity index (χ1n) is 5.95. The van der Waals surface area contributed by atoms with Crippen LogP contribution in [0.3, 0.4) is 0 Å². The minimum atomic E-state index is -1.00. The van der Waals surface area contributed by atoms with Crippen molar-refractivity contribution in [2.24, 2.45) is 0 Å². The number of anilines is 1. The van der Waals surface area contributed by atoms with E-state index in [0.717, 1.165) is 17.4 Å². The summed E-state index contributed by atoms with van der Waals surface area (Å²) in [6.07, 6.45) is 0. The number of benzene rings is 1. The highest BCUT2D eigenvalue weighted by Gasteiger charge is 2.24. The Morgan fingerprint density at radius 2 is 2.24 bits per heavy atom. The smallest absolute Gasteiger partial charge is 0.260 e. The van der Waals surface area contributed by atoms with Gasteiger partial charge < -0.3 is 9.84 Å². The summed E-state index contributed by atoms with van der Waals surface area (Å²) in [4.78, 5) is 28.1. The molecular weight excluding hydrogens is 299 g/mol. The number of carbonyl (C=O) groups is 2. The van der Waals surface area contributed by atoms with E-state index in [2.05, 4.69) is 10.3 Å². The molecule has 108 valence electrons. The van der Waals surface area contributed by atoms with Gasteiger partial charge in [-0.2, -0.15) is 0 Å². The topological polar surface area (TPSA) is 88.5 Å². The number of aromatic nitrogens is 1. The van der Waals surface area contributed by atoms with E-state index in [9.17, 15) is 19.1 Å². The molecule has 2 heterocycles. The fourth-order valence-corrected chi connectivity index (χ4v) is 2.77. The molecule has 2 N–H and O–H groups in total. The Morgan fingerprint density at radius 1 is 1.43 bits per heavy atom. The van der Waals surface area contributed by atoms with Gasteiger partial charge in [0, 0.05) is 0 Å². The Hall–Kier alpha value is -2.32. The predicted molar refractivity (Wildman–Crippen MR) is 72.1 cm³/mol. The fourth-order valence-electron chi connectivity index (χ4n) is 1.89. The molecule has 3 rings (SSSR count). The van der Waals surface area contributed by atoms with Gasteiger partial charge in [0.15, 0.2) is 22.5 Å². The number of Topliss-reactive ketones (excluding diaryl/α,β-unsaturated/α-hetero) is 1. The highest BCUT2D eigenvalue weighted by atomic mass is 32.1. The highest BCUT2D eigenvalue weighted by molar-refractivity contribution is 7.17. The molecule has 0 aliphatic carbocycles. The van der Waals surface area contributed by atoms with Crippen molar-refractivity contribution in [2.45, 2.75) is 6.61 Å². The zero-order valence-electron chi connectivity index (χ0n) is 10.6. The third-order valence-electron chi connectivity index (χ3n) is 2.87. The molecule has 0 unspecified atom stereocenters. The van der Waals surface area contributed by atoms with Crippen molar-refractivity contribution in [2.75, 3.05) is 11.9 Å². The number of rotatable bonds is 2. The van der Waals surface area contributed by atoms with Crippen LogP contribution in [0.5, 0.6) is 5.75 Å². The molecule has 8 heteroatoms. The number of nitrogens with one attached hydrogen (secondary N) is 1. The van der Waals surface area contributed by atoms with Crippen molar-refractivity contribution < 1.29 is 23.8 Å². The van der Waals surface area contributed by atoms with E-state index in [1.165, 1.54) is 12.1 Å². The first-order valence-corrected chi connectivity index (χ1v) is 6.77. The van der Waals surface area contributed by atoms with Crippen LogP contribution in [0.1, 0.15) is 25.7 Å². The molecular formula is C13H9FN2O4S. The largest absolute Gasteiger partial charge is 0.505 e. The number of amides is 1. The van der Waals surface area contributed by atoms with Gasteiger partial charge in [0.1, 0.15) is 11.5 Å². The van der Waals surface area contributed by atoms with Crippen LogP contribution in [0, 0.1) is 5.82 Å². The Bertz CT molecular complexity index is 744. The second kappa shape index (κ2) is 5.23. The maximum Gasteiger partial charge on any atom is 0.260 e. The Kier molecular flexibility index (Phi) is 3.40. The summed E-state index contributed by atoms with van der Waals surface area (Å²) in [7, 11) is 0. The molecule has 1 aromatic carbocycles. The van der Waals surface area contributed by atoms with Crippen molar-refractivity contribution in [3.63, 3.8) is 0 Å². The number of phenolic OH excluding ortho intramolecular Hbond substituents is 1. The summed E-state index contributed by atoms with van der Waals surface area (Å²) >= 11 is 1.02. The molecule has 1 aromatic heterocycles. The molecule has 21 heavy (non-hydrogen) atoms. The van der Waals surface area contributed by atoms with Crippen molar-refractivity contribution in [3.05, 3.63) is 40.2 Å². The van der Waals surface area contributed by atoms with Crippen LogP contribution in [0.15, 0.2) is 18.2 Å². The molecule has 1 aliphatic heterocycles. The molecule has 6 nitrogen and oxygen atoms in total. The highest BCUT2D eigenvalue weighted by Crippen LogP contribution is 2.28. The zero-order valence-corrected chi connectivity index (χ0v) is 11.4. The predicted octanol–water partition coefficient (Wildman–Crippen LogP) is 1.95. The number of ether oxygens (including phenoxy) is 1. The fraction of sp³-hybridized carbons (Fsp3) is 0.154. The SMILES string of the molecule is O=C(Nc1nc2c(s1)C(=O)COC2)c1cccc(O)c1F. The van der Waals surface area contributed by atoms with E-state index in [1.54, 1.807) is 0 Å². The van der Waals surface area contributed by atoms with E-state index >= 15 is 0 Å². The number of aromatic hydroxyl groups is 1. The zero-order chi connectivity index (χ0) is 15.0. The first kappa shape index (κ1) is 13.7. The summed E-state index contributed by atoms with van der Waals surface area (Å²) in [6, 6.07) is 3.74. The summed E-state index contributed by atoms with van der Waals surface area (Å²) in [5.41, 5.74) is 0.161. The van der Waals surface area contributed by atoms with Crippen LogP contribution < -0.4 is 5.32 Å². The van der Waals surface area contributed by atoms with Gasteiger partial charge in [-0.1, -0.05) is 17.4 Å².